The summed E-state index contributed by atoms with van der Waals surface area (Å²) in [7, 11) is 1.00. The molecule has 44 heavy (non-hydrogen) atoms. The van der Waals surface area contributed by atoms with E-state index in [1.54, 1.807) is 36.8 Å². The maximum Gasteiger partial charge on any atom is 0.155 e. The molecule has 3 heterocycles. The van der Waals surface area contributed by atoms with Crippen molar-refractivity contribution in [2.75, 3.05) is 50.2 Å². The minimum atomic E-state index is -0.575. The zero-order valence-electron chi connectivity index (χ0n) is 24.8. The van der Waals surface area contributed by atoms with Gasteiger partial charge < -0.3 is 14.9 Å². The number of nitrogens with one attached hydrogen (secondary N) is 2. The predicted molar refractivity (Wildman–Crippen MR) is 169 cm³/mol. The van der Waals surface area contributed by atoms with Crippen molar-refractivity contribution < 1.29 is 22.0 Å². The molecule has 12 heteroatoms. The molecule has 1 aliphatic heterocycles. The van der Waals surface area contributed by atoms with Gasteiger partial charge in [-0.05, 0) is 61.2 Å². The highest BCUT2D eigenvalue weighted by atomic mass is 32.2. The van der Waals surface area contributed by atoms with E-state index >= 15 is 8.78 Å². The Bertz CT molecular complexity index is 1470. The van der Waals surface area contributed by atoms with Crippen LogP contribution in [0.1, 0.15) is 32.1 Å². The van der Waals surface area contributed by atoms with Crippen molar-refractivity contribution in [3.05, 3.63) is 78.5 Å². The van der Waals surface area contributed by atoms with E-state index in [0.29, 0.717) is 36.4 Å². The first-order chi connectivity index (χ1) is 21.6. The Labute approximate surface area is 259 Å². The second-order valence-electron chi connectivity index (χ2n) is 10.2. The number of nitrogens with zero attached hydrogens (tertiary/aromatic N) is 4. The molecule has 2 aromatic carbocycles. The quantitative estimate of drug-likeness (QED) is 0.159. The van der Waals surface area contributed by atoms with E-state index in [1.807, 2.05) is 6.07 Å². The normalized spacial score (nSPS) is 15.1. The SMILES string of the molecule is CF.CF.Fc1cc(NSC2CCCCC2)c(F)c(-c2cn(-c3ccc(N4CCNCC4)cc3F)nc2-c2ccncc2)c1. The first-order valence-corrected chi connectivity index (χ1v) is 15.4. The monoisotopic (exact) mass is 632 g/mol. The maximum absolute atomic E-state index is 16.0. The van der Waals surface area contributed by atoms with Crippen LogP contribution in [0.4, 0.5) is 33.3 Å². The molecule has 2 N–H and O–H groups in total. The molecule has 236 valence electrons. The van der Waals surface area contributed by atoms with Crippen molar-refractivity contribution in [1.82, 2.24) is 20.1 Å². The van der Waals surface area contributed by atoms with Crippen LogP contribution in [0, 0.1) is 17.5 Å². The third kappa shape index (κ3) is 7.89. The Balaban J connectivity index is 0.00000106. The fraction of sp³-hybridized carbons (Fsp3) is 0.375. The lowest BCUT2D eigenvalue weighted by atomic mass is 10.0. The van der Waals surface area contributed by atoms with Gasteiger partial charge in [-0.1, -0.05) is 19.3 Å². The number of benzene rings is 2. The number of alkyl halides is 2. The van der Waals surface area contributed by atoms with Crippen LogP contribution in [0.3, 0.4) is 0 Å². The fourth-order valence-electron chi connectivity index (χ4n) is 5.41. The highest BCUT2D eigenvalue weighted by molar-refractivity contribution is 8.01. The first-order valence-electron chi connectivity index (χ1n) is 14.5. The van der Waals surface area contributed by atoms with Gasteiger partial charge in [0.1, 0.15) is 17.2 Å². The van der Waals surface area contributed by atoms with Crippen LogP contribution in [0.25, 0.3) is 28.1 Å². The van der Waals surface area contributed by atoms with Gasteiger partial charge in [-0.25, -0.2) is 17.9 Å². The van der Waals surface area contributed by atoms with Crippen molar-refractivity contribution in [1.29, 1.82) is 0 Å². The molecule has 0 unspecified atom stereocenters. The summed E-state index contributed by atoms with van der Waals surface area (Å²) in [5.74, 6) is -1.59. The predicted octanol–water partition coefficient (Wildman–Crippen LogP) is 7.99. The molecule has 2 aromatic heterocycles. The molecule has 0 radical (unpaired) electrons. The average molecular weight is 633 g/mol. The summed E-state index contributed by atoms with van der Waals surface area (Å²) in [6.45, 7) is 3.28. The van der Waals surface area contributed by atoms with Crippen LogP contribution in [0.5, 0.6) is 0 Å². The van der Waals surface area contributed by atoms with Crippen LogP contribution >= 0.6 is 11.9 Å². The third-order valence-corrected chi connectivity index (χ3v) is 8.69. The topological polar surface area (TPSA) is 58.0 Å². The van der Waals surface area contributed by atoms with E-state index in [0.717, 1.165) is 57.5 Å². The van der Waals surface area contributed by atoms with Crippen LogP contribution in [0.15, 0.2) is 61.1 Å². The van der Waals surface area contributed by atoms with E-state index in [1.165, 1.54) is 41.2 Å². The van der Waals surface area contributed by atoms with Gasteiger partial charge in [0.2, 0.25) is 0 Å². The van der Waals surface area contributed by atoms with Gasteiger partial charge in [-0.2, -0.15) is 5.10 Å². The van der Waals surface area contributed by atoms with Crippen LogP contribution in [0.2, 0.25) is 0 Å². The van der Waals surface area contributed by atoms with Crippen LogP contribution in [-0.2, 0) is 0 Å². The molecule has 0 amide bonds. The molecule has 0 bridgehead atoms. The lowest BCUT2D eigenvalue weighted by Gasteiger charge is -2.29. The standard InChI is InChI=1S/C30H31F3N6S.2CH3F/c31-21-16-24(29(33)27(17-21)37-40-23-4-2-1-3-5-23)25-19-39(36-30(25)20-8-10-34-11-9-20)28-7-6-22(18-26(28)32)38-14-12-35-13-15-38;2*1-2/h6-11,16-19,23,35,37H,1-5,12-15H2;2*1H3. The zero-order valence-corrected chi connectivity index (χ0v) is 25.6. The Morgan fingerprint density at radius 2 is 1.57 bits per heavy atom. The number of halogens is 5. The van der Waals surface area contributed by atoms with Gasteiger partial charge in [-0.3, -0.25) is 13.8 Å². The fourth-order valence-corrected chi connectivity index (χ4v) is 6.42. The first kappa shape index (κ1) is 33.3. The Hall–Kier alpha value is -3.64. The summed E-state index contributed by atoms with van der Waals surface area (Å²) in [6, 6.07) is 10.9. The van der Waals surface area contributed by atoms with E-state index in [-0.39, 0.29) is 16.9 Å². The number of aromatic nitrogens is 3. The Kier molecular flexibility index (Phi) is 12.4. The Morgan fingerprint density at radius 1 is 0.864 bits per heavy atom. The molecular weight excluding hydrogens is 595 g/mol. The number of piperazine rings is 1. The van der Waals surface area contributed by atoms with E-state index in [9.17, 15) is 13.2 Å². The van der Waals surface area contributed by atoms with Crippen molar-refractivity contribution in [3.8, 4) is 28.1 Å². The molecule has 4 aromatic rings. The van der Waals surface area contributed by atoms with Crippen LogP contribution < -0.4 is 14.9 Å². The molecule has 6 nitrogen and oxygen atoms in total. The molecule has 1 saturated heterocycles. The summed E-state index contributed by atoms with van der Waals surface area (Å²) in [6.07, 6.45) is 10.4. The molecule has 1 aliphatic carbocycles. The number of anilines is 2. The molecular formula is C32H37F5N6S. The largest absolute Gasteiger partial charge is 0.369 e. The molecule has 2 fully saturated rings. The molecule has 1 saturated carbocycles. The van der Waals surface area contributed by atoms with E-state index in [4.69, 9.17) is 0 Å². The van der Waals surface area contributed by atoms with Gasteiger partial charge in [0.15, 0.2) is 11.6 Å². The smallest absolute Gasteiger partial charge is 0.155 e. The maximum atomic E-state index is 16.0. The lowest BCUT2D eigenvalue weighted by molar-refractivity contribution is 0.516. The van der Waals surface area contributed by atoms with Crippen molar-refractivity contribution >= 4 is 23.3 Å². The van der Waals surface area contributed by atoms with Gasteiger partial charge in [-0.15, -0.1) is 0 Å². The highest BCUT2D eigenvalue weighted by Gasteiger charge is 2.23. The summed E-state index contributed by atoms with van der Waals surface area (Å²) < 4.78 is 69.8. The highest BCUT2D eigenvalue weighted by Crippen LogP contribution is 2.38. The number of hydrogen-bond acceptors (Lipinski definition) is 6. The van der Waals surface area contributed by atoms with E-state index < -0.39 is 17.5 Å². The summed E-state index contributed by atoms with van der Waals surface area (Å²) in [4.78, 5) is 6.20. The molecule has 6 rings (SSSR count). The van der Waals surface area contributed by atoms with Crippen molar-refractivity contribution in [2.24, 2.45) is 0 Å². The van der Waals surface area contributed by atoms with Gasteiger partial charge in [0.25, 0.3) is 0 Å². The lowest BCUT2D eigenvalue weighted by Crippen LogP contribution is -2.43. The van der Waals surface area contributed by atoms with Crippen molar-refractivity contribution in [2.45, 2.75) is 37.4 Å². The minimum absolute atomic E-state index is 0.0580. The Morgan fingerprint density at radius 3 is 2.25 bits per heavy atom. The molecule has 0 atom stereocenters. The second kappa shape index (κ2) is 16.4. The second-order valence-corrected chi connectivity index (χ2v) is 11.3. The van der Waals surface area contributed by atoms with Crippen molar-refractivity contribution in [3.63, 3.8) is 0 Å². The molecule has 0 spiro atoms. The van der Waals surface area contributed by atoms with Gasteiger partial charge in [0.05, 0.1) is 20.0 Å². The number of hydrogen-bond donors (Lipinski definition) is 2. The van der Waals surface area contributed by atoms with Gasteiger partial charge >= 0.3 is 0 Å². The average Bonchev–Trinajstić information content (AvgIpc) is 3.53. The van der Waals surface area contributed by atoms with E-state index in [2.05, 4.69) is 25.0 Å². The summed E-state index contributed by atoms with van der Waals surface area (Å²) >= 11 is 1.45. The van der Waals surface area contributed by atoms with Gasteiger partial charge in [0, 0.05) is 78.5 Å². The zero-order chi connectivity index (χ0) is 31.5. The van der Waals surface area contributed by atoms with Crippen LogP contribution in [-0.4, -0.2) is 60.5 Å². The number of rotatable bonds is 7. The third-order valence-electron chi connectivity index (χ3n) is 7.54. The summed E-state index contributed by atoms with van der Waals surface area (Å²) in [5.41, 5.74) is 2.60. The number of pyridine rings is 1. The minimum Gasteiger partial charge on any atom is -0.369 e. The molecule has 2 aliphatic rings. The summed E-state index contributed by atoms with van der Waals surface area (Å²) in [5, 5.41) is 8.32.